The van der Waals surface area contributed by atoms with Crippen LogP contribution >= 0.6 is 0 Å². The molecule has 1 saturated heterocycles. The van der Waals surface area contributed by atoms with E-state index < -0.39 is 24.0 Å². The lowest BCUT2D eigenvalue weighted by Gasteiger charge is -2.32. The van der Waals surface area contributed by atoms with Gasteiger partial charge in [-0.3, -0.25) is 9.59 Å². The van der Waals surface area contributed by atoms with E-state index in [0.29, 0.717) is 13.0 Å². The number of carbonyl (C=O) groups excluding carboxylic acids is 3. The van der Waals surface area contributed by atoms with E-state index in [1.807, 2.05) is 30.3 Å². The SMILES string of the molecule is COC(=O)C(Cc1ccccc1)NC(=O)C(C)C(OC)C1CCCN1C=O. The molecule has 0 aliphatic carbocycles. The Bertz CT molecular complexity index is 637. The van der Waals surface area contributed by atoms with E-state index in [9.17, 15) is 14.4 Å². The molecule has 148 valence electrons. The van der Waals surface area contributed by atoms with Crippen molar-refractivity contribution in [3.63, 3.8) is 0 Å². The van der Waals surface area contributed by atoms with Crippen LogP contribution in [0.4, 0.5) is 0 Å². The number of nitrogens with zero attached hydrogens (tertiary/aromatic N) is 1. The summed E-state index contributed by atoms with van der Waals surface area (Å²) in [5, 5.41) is 2.79. The lowest BCUT2D eigenvalue weighted by Crippen LogP contribution is -2.51. The van der Waals surface area contributed by atoms with Gasteiger partial charge in [-0.15, -0.1) is 0 Å². The molecule has 0 saturated carbocycles. The highest BCUT2D eigenvalue weighted by atomic mass is 16.5. The number of hydrogen-bond acceptors (Lipinski definition) is 5. The first-order chi connectivity index (χ1) is 13.0. The average molecular weight is 376 g/mol. The predicted molar refractivity (Wildman–Crippen MR) is 99.8 cm³/mol. The Kier molecular flexibility index (Phi) is 7.79. The zero-order valence-electron chi connectivity index (χ0n) is 16.1. The van der Waals surface area contributed by atoms with Crippen molar-refractivity contribution >= 4 is 18.3 Å². The van der Waals surface area contributed by atoms with Crippen molar-refractivity contribution in [2.75, 3.05) is 20.8 Å². The minimum Gasteiger partial charge on any atom is -0.467 e. The summed E-state index contributed by atoms with van der Waals surface area (Å²) in [4.78, 5) is 37.9. The third-order valence-electron chi connectivity index (χ3n) is 5.12. The van der Waals surface area contributed by atoms with Crippen molar-refractivity contribution in [1.82, 2.24) is 10.2 Å². The van der Waals surface area contributed by atoms with Gasteiger partial charge < -0.3 is 19.7 Å². The van der Waals surface area contributed by atoms with Gasteiger partial charge in [0.2, 0.25) is 12.3 Å². The molecule has 4 atom stereocenters. The minimum absolute atomic E-state index is 0.140. The number of nitrogens with one attached hydrogen (secondary N) is 1. The Morgan fingerprint density at radius 2 is 2.00 bits per heavy atom. The number of methoxy groups -OCH3 is 2. The molecule has 0 bridgehead atoms. The Morgan fingerprint density at radius 3 is 2.59 bits per heavy atom. The highest BCUT2D eigenvalue weighted by Crippen LogP contribution is 2.25. The fourth-order valence-electron chi connectivity index (χ4n) is 3.63. The van der Waals surface area contributed by atoms with Crippen LogP contribution in [-0.4, -0.2) is 62.1 Å². The van der Waals surface area contributed by atoms with Gasteiger partial charge in [-0.25, -0.2) is 4.79 Å². The van der Waals surface area contributed by atoms with Gasteiger partial charge in [-0.1, -0.05) is 37.3 Å². The second-order valence-electron chi connectivity index (χ2n) is 6.82. The molecule has 7 nitrogen and oxygen atoms in total. The number of ether oxygens (including phenoxy) is 2. The molecule has 0 spiro atoms. The molecule has 1 aromatic carbocycles. The normalized spacial score (nSPS) is 19.8. The van der Waals surface area contributed by atoms with Gasteiger partial charge in [-0.05, 0) is 18.4 Å². The summed E-state index contributed by atoms with van der Waals surface area (Å²) < 4.78 is 10.4. The number of benzene rings is 1. The zero-order valence-corrected chi connectivity index (χ0v) is 16.1. The van der Waals surface area contributed by atoms with Crippen LogP contribution in [0.25, 0.3) is 0 Å². The molecular formula is C20H28N2O5. The summed E-state index contributed by atoms with van der Waals surface area (Å²) in [6.45, 7) is 2.42. The van der Waals surface area contributed by atoms with Crippen LogP contribution in [0.3, 0.4) is 0 Å². The van der Waals surface area contributed by atoms with Crippen LogP contribution in [0.1, 0.15) is 25.3 Å². The molecule has 1 heterocycles. The van der Waals surface area contributed by atoms with Crippen molar-refractivity contribution in [2.24, 2.45) is 5.92 Å². The van der Waals surface area contributed by atoms with Crippen molar-refractivity contribution in [1.29, 1.82) is 0 Å². The van der Waals surface area contributed by atoms with Crippen LogP contribution in [0, 0.1) is 5.92 Å². The summed E-state index contributed by atoms with van der Waals surface area (Å²) in [7, 11) is 2.84. The topological polar surface area (TPSA) is 84.9 Å². The average Bonchev–Trinajstić information content (AvgIpc) is 3.16. The molecule has 7 heteroatoms. The number of amides is 2. The first-order valence-corrected chi connectivity index (χ1v) is 9.17. The maximum absolute atomic E-state index is 12.8. The lowest BCUT2D eigenvalue weighted by atomic mass is 9.94. The van der Waals surface area contributed by atoms with Gasteiger partial charge in [0.15, 0.2) is 0 Å². The minimum atomic E-state index is -0.782. The number of hydrogen-bond donors (Lipinski definition) is 1. The summed E-state index contributed by atoms with van der Waals surface area (Å²) >= 11 is 0. The van der Waals surface area contributed by atoms with E-state index in [2.05, 4.69) is 5.32 Å². The van der Waals surface area contributed by atoms with Gasteiger partial charge in [-0.2, -0.15) is 0 Å². The molecule has 1 aliphatic heterocycles. The van der Waals surface area contributed by atoms with Crippen LogP contribution in [0.15, 0.2) is 30.3 Å². The van der Waals surface area contributed by atoms with Crippen molar-refractivity contribution < 1.29 is 23.9 Å². The van der Waals surface area contributed by atoms with Crippen molar-refractivity contribution in [3.05, 3.63) is 35.9 Å². The van der Waals surface area contributed by atoms with Gasteiger partial charge in [0, 0.05) is 20.1 Å². The number of carbonyl (C=O) groups is 3. The largest absolute Gasteiger partial charge is 0.467 e. The number of likely N-dealkylation sites (tertiary alicyclic amines) is 1. The Hall–Kier alpha value is -2.41. The highest BCUT2D eigenvalue weighted by molar-refractivity contribution is 5.86. The van der Waals surface area contributed by atoms with Gasteiger partial charge in [0.05, 0.1) is 25.2 Å². The maximum Gasteiger partial charge on any atom is 0.328 e. The quantitative estimate of drug-likeness (QED) is 0.516. The van der Waals surface area contributed by atoms with Crippen LogP contribution in [-0.2, 0) is 30.3 Å². The van der Waals surface area contributed by atoms with E-state index in [1.54, 1.807) is 11.8 Å². The second-order valence-corrected chi connectivity index (χ2v) is 6.82. The predicted octanol–water partition coefficient (Wildman–Crippen LogP) is 1.16. The highest BCUT2D eigenvalue weighted by Gasteiger charge is 2.38. The van der Waals surface area contributed by atoms with Crippen molar-refractivity contribution in [3.8, 4) is 0 Å². The van der Waals surface area contributed by atoms with Gasteiger partial charge >= 0.3 is 5.97 Å². The van der Waals surface area contributed by atoms with Gasteiger partial charge in [0.1, 0.15) is 6.04 Å². The number of rotatable bonds is 9. The fourth-order valence-corrected chi connectivity index (χ4v) is 3.63. The third-order valence-corrected chi connectivity index (χ3v) is 5.12. The number of esters is 1. The molecule has 27 heavy (non-hydrogen) atoms. The lowest BCUT2D eigenvalue weighted by molar-refractivity contribution is -0.146. The smallest absolute Gasteiger partial charge is 0.328 e. The summed E-state index contributed by atoms with van der Waals surface area (Å²) in [5.74, 6) is -1.32. The summed E-state index contributed by atoms with van der Waals surface area (Å²) in [6, 6.07) is 8.51. The summed E-state index contributed by atoms with van der Waals surface area (Å²) in [6.07, 6.45) is 2.39. The molecule has 0 aromatic heterocycles. The van der Waals surface area contributed by atoms with Gasteiger partial charge in [0.25, 0.3) is 0 Å². The maximum atomic E-state index is 12.8. The molecule has 4 unspecified atom stereocenters. The Labute approximate surface area is 160 Å². The third kappa shape index (κ3) is 5.29. The molecule has 1 fully saturated rings. The Balaban J connectivity index is 2.08. The first-order valence-electron chi connectivity index (χ1n) is 9.17. The van der Waals surface area contributed by atoms with E-state index in [0.717, 1.165) is 24.8 Å². The molecule has 1 aliphatic rings. The zero-order chi connectivity index (χ0) is 19.8. The first kappa shape index (κ1) is 20.9. The monoisotopic (exact) mass is 376 g/mol. The molecule has 1 aromatic rings. The summed E-state index contributed by atoms with van der Waals surface area (Å²) in [5.41, 5.74) is 0.923. The Morgan fingerprint density at radius 1 is 1.30 bits per heavy atom. The molecular weight excluding hydrogens is 348 g/mol. The molecule has 2 rings (SSSR count). The molecule has 0 radical (unpaired) electrons. The van der Waals surface area contributed by atoms with Crippen LogP contribution in [0.5, 0.6) is 0 Å². The van der Waals surface area contributed by atoms with E-state index in [4.69, 9.17) is 9.47 Å². The fraction of sp³-hybridized carbons (Fsp3) is 0.550. The second kappa shape index (κ2) is 10.1. The molecule has 2 amide bonds. The molecule has 1 N–H and O–H groups in total. The standard InChI is InChI=1S/C20H28N2O5/c1-14(18(26-2)17-10-7-11-22(17)13-23)19(24)21-16(20(25)27-3)12-15-8-5-4-6-9-15/h4-6,8-9,13-14,16-18H,7,10-12H2,1-3H3,(H,21,24). The van der Waals surface area contributed by atoms with E-state index in [1.165, 1.54) is 14.2 Å². The van der Waals surface area contributed by atoms with E-state index in [-0.39, 0.29) is 11.9 Å². The van der Waals surface area contributed by atoms with Crippen LogP contribution < -0.4 is 5.32 Å². The van der Waals surface area contributed by atoms with E-state index >= 15 is 0 Å². The van der Waals surface area contributed by atoms with Crippen LogP contribution in [0.2, 0.25) is 0 Å². The van der Waals surface area contributed by atoms with Crippen molar-refractivity contribution in [2.45, 2.75) is 44.4 Å².